The third-order valence-corrected chi connectivity index (χ3v) is 4.32. The predicted molar refractivity (Wildman–Crippen MR) is 80.1 cm³/mol. The number of thiophene rings is 1. The zero-order valence-electron chi connectivity index (χ0n) is 11.5. The third-order valence-electron chi connectivity index (χ3n) is 3.42. The molecular formula is C14H22N4S. The van der Waals surface area contributed by atoms with Crippen LogP contribution in [-0.2, 0) is 12.8 Å². The molecule has 2 aromatic rings. The normalized spacial score (nSPS) is 14.5. The highest BCUT2D eigenvalue weighted by molar-refractivity contribution is 7.09. The lowest BCUT2D eigenvalue weighted by Gasteiger charge is -2.13. The number of hydrogen-bond donors (Lipinski definition) is 2. The summed E-state index contributed by atoms with van der Waals surface area (Å²) in [5.41, 5.74) is 4.00. The summed E-state index contributed by atoms with van der Waals surface area (Å²) in [7, 11) is 0. The summed E-state index contributed by atoms with van der Waals surface area (Å²) < 4.78 is 2.04. The van der Waals surface area contributed by atoms with Gasteiger partial charge in [-0.15, -0.1) is 11.3 Å². The van der Waals surface area contributed by atoms with E-state index in [0.717, 1.165) is 25.0 Å². The number of nitrogens with two attached hydrogens (primary N) is 1. The lowest BCUT2D eigenvalue weighted by atomic mass is 10.1. The van der Waals surface area contributed by atoms with Crippen molar-refractivity contribution < 1.29 is 0 Å². The number of aromatic nitrogens is 2. The molecule has 0 aromatic carbocycles. The van der Waals surface area contributed by atoms with Crippen LogP contribution in [-0.4, -0.2) is 15.8 Å². The first-order chi connectivity index (χ1) is 9.22. The minimum absolute atomic E-state index is 0.235. The van der Waals surface area contributed by atoms with Gasteiger partial charge in [-0.2, -0.15) is 5.10 Å². The smallest absolute Gasteiger partial charge is 0.0640 e. The maximum Gasteiger partial charge on any atom is 0.0640 e. The summed E-state index contributed by atoms with van der Waals surface area (Å²) >= 11 is 1.77. The minimum atomic E-state index is 0.235. The monoisotopic (exact) mass is 278 g/mol. The van der Waals surface area contributed by atoms with Crippen molar-refractivity contribution in [2.45, 2.75) is 45.2 Å². The third kappa shape index (κ3) is 3.89. The Labute approximate surface area is 118 Å². The number of hydrogen-bond acceptors (Lipinski definition) is 4. The average Bonchev–Trinajstić information content (AvgIpc) is 3.08. The Morgan fingerprint density at radius 2 is 2.26 bits per heavy atom. The molecule has 2 heterocycles. The number of hydrazine groups is 1. The van der Waals surface area contributed by atoms with Gasteiger partial charge in [-0.25, -0.2) is 0 Å². The molecule has 0 spiro atoms. The molecule has 0 saturated heterocycles. The van der Waals surface area contributed by atoms with E-state index in [4.69, 9.17) is 5.84 Å². The maximum atomic E-state index is 5.65. The van der Waals surface area contributed by atoms with Gasteiger partial charge in [-0.3, -0.25) is 16.0 Å². The first-order valence-electron chi connectivity index (χ1n) is 6.75. The van der Waals surface area contributed by atoms with E-state index >= 15 is 0 Å². The molecule has 2 rings (SSSR count). The van der Waals surface area contributed by atoms with Crippen LogP contribution >= 0.6 is 11.3 Å². The van der Waals surface area contributed by atoms with Crippen LogP contribution in [0.4, 0.5) is 0 Å². The van der Waals surface area contributed by atoms with E-state index in [0.29, 0.717) is 6.04 Å². The zero-order valence-corrected chi connectivity index (χ0v) is 12.4. The molecule has 0 aliphatic carbocycles. The van der Waals surface area contributed by atoms with Crippen molar-refractivity contribution in [3.8, 4) is 0 Å². The van der Waals surface area contributed by atoms with Gasteiger partial charge < -0.3 is 0 Å². The van der Waals surface area contributed by atoms with Crippen molar-refractivity contribution in [3.63, 3.8) is 0 Å². The second-order valence-electron chi connectivity index (χ2n) is 4.90. The largest absolute Gasteiger partial charge is 0.271 e. The number of rotatable bonds is 7. The Kier molecular flexibility index (Phi) is 5.13. The molecule has 3 N–H and O–H groups in total. The first-order valence-corrected chi connectivity index (χ1v) is 7.63. The molecule has 2 unspecified atom stereocenters. The lowest BCUT2D eigenvalue weighted by Crippen LogP contribution is -2.38. The molecule has 2 atom stereocenters. The summed E-state index contributed by atoms with van der Waals surface area (Å²) in [6.45, 7) is 4.36. The average molecular weight is 278 g/mol. The van der Waals surface area contributed by atoms with E-state index in [2.05, 4.69) is 54.1 Å². The van der Waals surface area contributed by atoms with Crippen LogP contribution in [0.5, 0.6) is 0 Å². The molecular weight excluding hydrogens is 256 g/mol. The summed E-state index contributed by atoms with van der Waals surface area (Å²) in [4.78, 5) is 1.35. The molecule has 0 amide bonds. The number of nitrogens with one attached hydrogen (secondary N) is 1. The van der Waals surface area contributed by atoms with Crippen molar-refractivity contribution in [2.75, 3.05) is 0 Å². The zero-order chi connectivity index (χ0) is 13.7. The summed E-state index contributed by atoms with van der Waals surface area (Å²) in [5.74, 6) is 5.65. The highest BCUT2D eigenvalue weighted by Crippen LogP contribution is 2.14. The second kappa shape index (κ2) is 6.84. The van der Waals surface area contributed by atoms with Gasteiger partial charge in [-0.1, -0.05) is 13.0 Å². The van der Waals surface area contributed by atoms with Gasteiger partial charge in [0.05, 0.1) is 5.69 Å². The van der Waals surface area contributed by atoms with Crippen molar-refractivity contribution in [1.82, 2.24) is 15.2 Å². The molecule has 4 nitrogen and oxygen atoms in total. The van der Waals surface area contributed by atoms with Gasteiger partial charge in [0.1, 0.15) is 0 Å². The second-order valence-corrected chi connectivity index (χ2v) is 5.93. The van der Waals surface area contributed by atoms with E-state index < -0.39 is 0 Å². The molecule has 2 aromatic heterocycles. The molecule has 5 heteroatoms. The molecule has 0 saturated carbocycles. The van der Waals surface area contributed by atoms with Crippen molar-refractivity contribution in [2.24, 2.45) is 5.84 Å². The van der Waals surface area contributed by atoms with Crippen LogP contribution in [0.25, 0.3) is 0 Å². The molecule has 0 aliphatic heterocycles. The predicted octanol–water partition coefficient (Wildman–Crippen LogP) is 2.53. The van der Waals surface area contributed by atoms with E-state index in [1.807, 2.05) is 4.68 Å². The van der Waals surface area contributed by atoms with Crippen molar-refractivity contribution in [3.05, 3.63) is 40.3 Å². The van der Waals surface area contributed by atoms with Crippen LogP contribution < -0.4 is 11.3 Å². The fraction of sp³-hybridized carbons (Fsp3) is 0.500. The molecule has 0 fully saturated rings. The number of nitrogens with zero attached hydrogens (tertiary/aromatic N) is 2. The van der Waals surface area contributed by atoms with Gasteiger partial charge in [0.15, 0.2) is 0 Å². The van der Waals surface area contributed by atoms with Crippen molar-refractivity contribution >= 4 is 11.3 Å². The maximum absolute atomic E-state index is 5.65. The Balaban J connectivity index is 1.96. The molecule has 0 bridgehead atoms. The Bertz CT molecular complexity index is 477. The first kappa shape index (κ1) is 14.2. The topological polar surface area (TPSA) is 55.9 Å². The van der Waals surface area contributed by atoms with Gasteiger partial charge >= 0.3 is 0 Å². The van der Waals surface area contributed by atoms with Crippen LogP contribution in [0.2, 0.25) is 0 Å². The molecule has 0 aliphatic rings. The van der Waals surface area contributed by atoms with Crippen LogP contribution in [0.1, 0.15) is 36.9 Å². The van der Waals surface area contributed by atoms with E-state index in [9.17, 15) is 0 Å². The SMILES string of the molecule is CCC(C)n1ccc(CC(Cc2cccs2)NN)n1. The standard InChI is InChI=1S/C14H22N4S/c1-3-11(2)18-7-6-12(17-18)9-13(16-15)10-14-5-4-8-19-14/h4-8,11,13,16H,3,9-10,15H2,1-2H3. The quantitative estimate of drug-likeness (QED) is 0.604. The van der Waals surface area contributed by atoms with E-state index in [1.54, 1.807) is 11.3 Å². The molecule has 0 radical (unpaired) electrons. The van der Waals surface area contributed by atoms with Crippen LogP contribution in [0, 0.1) is 0 Å². The lowest BCUT2D eigenvalue weighted by molar-refractivity contribution is 0.464. The van der Waals surface area contributed by atoms with Gasteiger partial charge in [0.25, 0.3) is 0 Å². The molecule has 19 heavy (non-hydrogen) atoms. The van der Waals surface area contributed by atoms with Crippen LogP contribution in [0.3, 0.4) is 0 Å². The van der Waals surface area contributed by atoms with Gasteiger partial charge in [0.2, 0.25) is 0 Å². The Morgan fingerprint density at radius 1 is 1.42 bits per heavy atom. The summed E-state index contributed by atoms with van der Waals surface area (Å²) in [5, 5.41) is 6.72. The fourth-order valence-corrected chi connectivity index (χ4v) is 2.82. The minimum Gasteiger partial charge on any atom is -0.271 e. The molecule has 104 valence electrons. The highest BCUT2D eigenvalue weighted by atomic mass is 32.1. The fourth-order valence-electron chi connectivity index (χ4n) is 2.03. The van der Waals surface area contributed by atoms with Crippen molar-refractivity contribution in [1.29, 1.82) is 0 Å². The van der Waals surface area contributed by atoms with Gasteiger partial charge in [-0.05, 0) is 37.3 Å². The Hall–Kier alpha value is -1.17. The van der Waals surface area contributed by atoms with Gasteiger partial charge in [0, 0.05) is 29.6 Å². The summed E-state index contributed by atoms with van der Waals surface area (Å²) in [6.07, 6.45) is 4.96. The summed E-state index contributed by atoms with van der Waals surface area (Å²) in [6, 6.07) is 7.00. The van der Waals surface area contributed by atoms with E-state index in [-0.39, 0.29) is 6.04 Å². The highest BCUT2D eigenvalue weighted by Gasteiger charge is 2.12. The van der Waals surface area contributed by atoms with Crippen LogP contribution in [0.15, 0.2) is 29.8 Å². The Morgan fingerprint density at radius 3 is 2.89 bits per heavy atom. The van der Waals surface area contributed by atoms with E-state index in [1.165, 1.54) is 4.88 Å².